The standard InChI is InChI=1S/C10H12FN5O/c11-10(1-6(10)2-17)3-16-5-15-9-7(8(16)12)13-4-14-9/h4-6,12,17H,1-3H2,(H,13,14)/t6-,10+/m0/s1. The minimum Gasteiger partial charge on any atom is -0.396 e. The van der Waals surface area contributed by atoms with Crippen molar-refractivity contribution < 1.29 is 9.50 Å². The highest BCUT2D eigenvalue weighted by molar-refractivity contribution is 5.67. The molecule has 2 atom stereocenters. The Labute approximate surface area is 95.7 Å². The van der Waals surface area contributed by atoms with Gasteiger partial charge in [-0.2, -0.15) is 0 Å². The Balaban J connectivity index is 1.96. The zero-order valence-electron chi connectivity index (χ0n) is 9.02. The van der Waals surface area contributed by atoms with E-state index >= 15 is 0 Å². The number of H-pyrrole nitrogens is 1. The summed E-state index contributed by atoms with van der Waals surface area (Å²) in [7, 11) is 0. The van der Waals surface area contributed by atoms with Crippen LogP contribution in [0.25, 0.3) is 11.2 Å². The topological polar surface area (TPSA) is 90.6 Å². The summed E-state index contributed by atoms with van der Waals surface area (Å²) >= 11 is 0. The van der Waals surface area contributed by atoms with Crippen molar-refractivity contribution in [2.75, 3.05) is 6.61 Å². The molecule has 3 rings (SSSR count). The van der Waals surface area contributed by atoms with E-state index in [-0.39, 0.29) is 24.6 Å². The molecule has 0 aliphatic heterocycles. The van der Waals surface area contributed by atoms with Crippen LogP contribution in [0, 0.1) is 11.3 Å². The van der Waals surface area contributed by atoms with Gasteiger partial charge >= 0.3 is 0 Å². The summed E-state index contributed by atoms with van der Waals surface area (Å²) in [5, 5.41) is 16.8. The van der Waals surface area contributed by atoms with Crippen molar-refractivity contribution in [2.24, 2.45) is 5.92 Å². The van der Waals surface area contributed by atoms with Crippen molar-refractivity contribution in [2.45, 2.75) is 18.6 Å². The fourth-order valence-electron chi connectivity index (χ4n) is 2.06. The molecule has 0 aromatic carbocycles. The molecule has 0 unspecified atom stereocenters. The van der Waals surface area contributed by atoms with E-state index < -0.39 is 5.67 Å². The van der Waals surface area contributed by atoms with Crippen molar-refractivity contribution in [3.05, 3.63) is 18.1 Å². The first-order chi connectivity index (χ1) is 8.14. The first kappa shape index (κ1) is 10.4. The van der Waals surface area contributed by atoms with Crippen LogP contribution in [0.15, 0.2) is 12.7 Å². The van der Waals surface area contributed by atoms with Gasteiger partial charge in [0.05, 0.1) is 19.2 Å². The van der Waals surface area contributed by atoms with E-state index in [2.05, 4.69) is 15.0 Å². The fraction of sp³-hybridized carbons (Fsp3) is 0.500. The molecule has 3 N–H and O–H groups in total. The Bertz CT molecular complexity index is 620. The van der Waals surface area contributed by atoms with Crippen molar-refractivity contribution >= 4 is 11.2 Å². The molecule has 17 heavy (non-hydrogen) atoms. The zero-order chi connectivity index (χ0) is 12.0. The Morgan fingerprint density at radius 3 is 3.18 bits per heavy atom. The third kappa shape index (κ3) is 1.54. The summed E-state index contributed by atoms with van der Waals surface area (Å²) in [6, 6.07) is 0. The van der Waals surface area contributed by atoms with Gasteiger partial charge in [-0.3, -0.25) is 5.41 Å². The quantitative estimate of drug-likeness (QED) is 0.699. The SMILES string of the molecule is N=c1c2[nH]cnc2ncn1C[C@]1(F)C[C@H]1CO. The molecule has 0 spiro atoms. The number of aromatic nitrogens is 4. The minimum absolute atomic E-state index is 0.0546. The number of imidazole rings is 1. The third-order valence-corrected chi connectivity index (χ3v) is 3.27. The number of rotatable bonds is 3. The number of aliphatic hydroxyl groups excluding tert-OH is 1. The normalized spacial score (nSPS) is 27.5. The van der Waals surface area contributed by atoms with Crippen LogP contribution in [0.3, 0.4) is 0 Å². The summed E-state index contributed by atoms with van der Waals surface area (Å²) in [5.41, 5.74) is -0.288. The van der Waals surface area contributed by atoms with E-state index in [1.165, 1.54) is 17.2 Å². The van der Waals surface area contributed by atoms with Gasteiger partial charge < -0.3 is 14.7 Å². The minimum atomic E-state index is -1.40. The highest BCUT2D eigenvalue weighted by Crippen LogP contribution is 2.47. The average Bonchev–Trinajstić information content (AvgIpc) is 2.76. The van der Waals surface area contributed by atoms with Crippen molar-refractivity contribution in [1.82, 2.24) is 19.5 Å². The lowest BCUT2D eigenvalue weighted by Gasteiger charge is -2.10. The first-order valence-corrected chi connectivity index (χ1v) is 5.37. The van der Waals surface area contributed by atoms with Gasteiger partial charge in [-0.1, -0.05) is 0 Å². The first-order valence-electron chi connectivity index (χ1n) is 5.37. The molecule has 1 aliphatic carbocycles. The van der Waals surface area contributed by atoms with Gasteiger partial charge in [0.2, 0.25) is 0 Å². The van der Waals surface area contributed by atoms with Crippen LogP contribution >= 0.6 is 0 Å². The van der Waals surface area contributed by atoms with Gasteiger partial charge in [0.25, 0.3) is 0 Å². The van der Waals surface area contributed by atoms with Gasteiger partial charge in [0.1, 0.15) is 11.2 Å². The predicted molar refractivity (Wildman–Crippen MR) is 56.8 cm³/mol. The van der Waals surface area contributed by atoms with Gasteiger partial charge in [0, 0.05) is 12.5 Å². The van der Waals surface area contributed by atoms with Crippen LogP contribution < -0.4 is 5.49 Å². The highest BCUT2D eigenvalue weighted by Gasteiger charge is 2.55. The molecule has 1 saturated carbocycles. The van der Waals surface area contributed by atoms with Crippen LogP contribution in [0.2, 0.25) is 0 Å². The second-order valence-corrected chi connectivity index (χ2v) is 4.44. The number of aliphatic hydroxyl groups is 1. The van der Waals surface area contributed by atoms with Crippen LogP contribution in [-0.4, -0.2) is 36.9 Å². The molecule has 1 aliphatic rings. The van der Waals surface area contributed by atoms with E-state index in [1.54, 1.807) is 0 Å². The summed E-state index contributed by atoms with van der Waals surface area (Å²) in [4.78, 5) is 10.8. The average molecular weight is 237 g/mol. The smallest absolute Gasteiger partial charge is 0.182 e. The van der Waals surface area contributed by atoms with Crippen molar-refractivity contribution in [3.8, 4) is 0 Å². The second-order valence-electron chi connectivity index (χ2n) is 4.44. The molecular formula is C10H12FN5O. The molecule has 2 aromatic rings. The van der Waals surface area contributed by atoms with Gasteiger partial charge in [-0.15, -0.1) is 0 Å². The maximum Gasteiger partial charge on any atom is 0.182 e. The summed E-state index contributed by atoms with van der Waals surface area (Å²) in [6.45, 7) is -0.0941. The number of aromatic amines is 1. The molecule has 2 heterocycles. The Morgan fingerprint density at radius 1 is 1.65 bits per heavy atom. The van der Waals surface area contributed by atoms with Crippen molar-refractivity contribution in [3.63, 3.8) is 0 Å². The molecule has 90 valence electrons. The molecular weight excluding hydrogens is 225 g/mol. The van der Waals surface area contributed by atoms with E-state index in [1.807, 2.05) is 0 Å². The molecule has 0 saturated heterocycles. The molecule has 6 nitrogen and oxygen atoms in total. The molecule has 1 fully saturated rings. The van der Waals surface area contributed by atoms with Crippen LogP contribution in [-0.2, 0) is 6.54 Å². The number of hydrogen-bond acceptors (Lipinski definition) is 4. The monoisotopic (exact) mass is 237 g/mol. The van der Waals surface area contributed by atoms with E-state index in [0.717, 1.165) is 0 Å². The Kier molecular flexibility index (Phi) is 2.06. The lowest BCUT2D eigenvalue weighted by atomic mass is 10.3. The number of nitrogens with one attached hydrogen (secondary N) is 2. The zero-order valence-corrected chi connectivity index (χ0v) is 9.02. The van der Waals surface area contributed by atoms with Gasteiger partial charge in [-0.05, 0) is 6.42 Å². The Morgan fingerprint density at radius 2 is 2.47 bits per heavy atom. The van der Waals surface area contributed by atoms with E-state index in [9.17, 15) is 4.39 Å². The predicted octanol–water partition coefficient (Wildman–Crippen LogP) is -0.0406. The maximum absolute atomic E-state index is 14.0. The summed E-state index contributed by atoms with van der Waals surface area (Å²) < 4.78 is 15.5. The van der Waals surface area contributed by atoms with Crippen molar-refractivity contribution in [1.29, 1.82) is 5.41 Å². The number of hydrogen-bond donors (Lipinski definition) is 3. The number of halogens is 1. The molecule has 0 radical (unpaired) electrons. The van der Waals surface area contributed by atoms with Crippen LogP contribution in [0.4, 0.5) is 4.39 Å². The second kappa shape index (κ2) is 3.36. The largest absolute Gasteiger partial charge is 0.396 e. The number of alkyl halides is 1. The third-order valence-electron chi connectivity index (χ3n) is 3.27. The number of fused-ring (bicyclic) bond motifs is 1. The van der Waals surface area contributed by atoms with E-state index in [4.69, 9.17) is 10.5 Å². The maximum atomic E-state index is 14.0. The number of nitrogens with zero attached hydrogens (tertiary/aromatic N) is 3. The molecule has 2 aromatic heterocycles. The van der Waals surface area contributed by atoms with Gasteiger partial charge in [-0.25, -0.2) is 14.4 Å². The van der Waals surface area contributed by atoms with Crippen LogP contribution in [0.5, 0.6) is 0 Å². The van der Waals surface area contributed by atoms with Crippen LogP contribution in [0.1, 0.15) is 6.42 Å². The fourth-order valence-corrected chi connectivity index (χ4v) is 2.06. The molecule has 0 amide bonds. The lowest BCUT2D eigenvalue weighted by molar-refractivity contribution is 0.191. The summed E-state index contributed by atoms with van der Waals surface area (Å²) in [5.74, 6) is -0.313. The van der Waals surface area contributed by atoms with E-state index in [0.29, 0.717) is 17.6 Å². The molecule has 0 bridgehead atoms. The lowest BCUT2D eigenvalue weighted by Crippen LogP contribution is -2.27. The summed E-state index contributed by atoms with van der Waals surface area (Å²) in [6.07, 6.45) is 3.22. The Hall–Kier alpha value is -1.76. The highest BCUT2D eigenvalue weighted by atomic mass is 19.1. The van der Waals surface area contributed by atoms with Gasteiger partial charge in [0.15, 0.2) is 11.1 Å². The molecule has 7 heteroatoms.